The lowest BCUT2D eigenvalue weighted by molar-refractivity contribution is -0.0716. The number of alkyl halides is 2. The highest BCUT2D eigenvalue weighted by molar-refractivity contribution is 5.57. The Hall–Kier alpha value is -1.60. The fourth-order valence-electron chi connectivity index (χ4n) is 1.70. The molecule has 0 saturated heterocycles. The van der Waals surface area contributed by atoms with Crippen molar-refractivity contribution in [3.63, 3.8) is 0 Å². The zero-order valence-electron chi connectivity index (χ0n) is 10.9. The molecule has 3 N–H and O–H groups in total. The molecule has 0 amide bonds. The predicted octanol–water partition coefficient (Wildman–Crippen LogP) is 1.34. The largest absolute Gasteiger partial charge is 0.493 e. The predicted molar refractivity (Wildman–Crippen MR) is 65.1 cm³/mol. The van der Waals surface area contributed by atoms with E-state index < -0.39 is 18.6 Å². The minimum Gasteiger partial charge on any atom is -0.493 e. The highest BCUT2D eigenvalue weighted by Gasteiger charge is 2.39. The van der Waals surface area contributed by atoms with Crippen LogP contribution in [-0.4, -0.2) is 39.0 Å². The summed E-state index contributed by atoms with van der Waals surface area (Å²) < 4.78 is 42.1. The number of nitrogens with two attached hydrogens (primary N) is 1. The van der Waals surface area contributed by atoms with Gasteiger partial charge in [-0.15, -0.1) is 0 Å². The second-order valence-corrected chi connectivity index (χ2v) is 3.82. The lowest BCUT2D eigenvalue weighted by Crippen LogP contribution is -2.36. The number of hydrogen-bond acceptors (Lipinski definition) is 5. The van der Waals surface area contributed by atoms with Gasteiger partial charge in [0.1, 0.15) is 12.6 Å². The summed E-state index contributed by atoms with van der Waals surface area (Å²) in [6, 6.07) is 1.09. The fraction of sp³-hybridized carbons (Fsp3) is 0.500. The zero-order chi connectivity index (χ0) is 14.6. The Balaban J connectivity index is 3.36. The summed E-state index contributed by atoms with van der Waals surface area (Å²) in [5, 5.41) is 8.69. The number of halogens is 2. The molecule has 1 rings (SSSR count). The van der Waals surface area contributed by atoms with Gasteiger partial charge in [0.2, 0.25) is 5.75 Å². The first-order chi connectivity index (χ1) is 8.92. The van der Waals surface area contributed by atoms with E-state index in [-0.39, 0.29) is 17.1 Å². The van der Waals surface area contributed by atoms with E-state index in [0.717, 1.165) is 0 Å². The third-order valence-corrected chi connectivity index (χ3v) is 2.74. The van der Waals surface area contributed by atoms with Gasteiger partial charge >= 0.3 is 0 Å². The Kier molecular flexibility index (Phi) is 4.90. The van der Waals surface area contributed by atoms with E-state index in [1.54, 1.807) is 0 Å². The summed E-state index contributed by atoms with van der Waals surface area (Å²) in [5.41, 5.74) is 5.52. The monoisotopic (exact) mass is 277 g/mol. The molecule has 1 atom stereocenters. The Morgan fingerprint density at radius 3 is 2.16 bits per heavy atom. The maximum absolute atomic E-state index is 13.5. The molecule has 0 bridgehead atoms. The van der Waals surface area contributed by atoms with Gasteiger partial charge < -0.3 is 25.1 Å². The molecule has 108 valence electrons. The van der Waals surface area contributed by atoms with Crippen molar-refractivity contribution in [1.82, 2.24) is 0 Å². The highest BCUT2D eigenvalue weighted by Crippen LogP contribution is 2.44. The molecule has 1 aromatic carbocycles. The van der Waals surface area contributed by atoms with Crippen molar-refractivity contribution in [2.75, 3.05) is 27.9 Å². The van der Waals surface area contributed by atoms with E-state index in [4.69, 9.17) is 25.1 Å². The van der Waals surface area contributed by atoms with Gasteiger partial charge in [-0.05, 0) is 12.1 Å². The van der Waals surface area contributed by atoms with Crippen molar-refractivity contribution >= 4 is 0 Å². The SMILES string of the molecule is COc1ccc([C@H](N)C(F)(F)CO)c(OC)c1OC. The zero-order valence-corrected chi connectivity index (χ0v) is 10.9. The molecule has 0 saturated carbocycles. The van der Waals surface area contributed by atoms with Crippen molar-refractivity contribution in [3.8, 4) is 17.2 Å². The summed E-state index contributed by atoms with van der Waals surface area (Å²) >= 11 is 0. The van der Waals surface area contributed by atoms with Gasteiger partial charge in [-0.3, -0.25) is 0 Å². The summed E-state index contributed by atoms with van der Waals surface area (Å²) in [7, 11) is 4.09. The molecule has 7 heteroatoms. The van der Waals surface area contributed by atoms with Crippen LogP contribution in [0.1, 0.15) is 11.6 Å². The first-order valence-electron chi connectivity index (χ1n) is 5.46. The molecule has 0 aliphatic heterocycles. The van der Waals surface area contributed by atoms with Gasteiger partial charge in [-0.25, -0.2) is 8.78 Å². The van der Waals surface area contributed by atoms with E-state index in [9.17, 15) is 8.78 Å². The van der Waals surface area contributed by atoms with Crippen molar-refractivity contribution in [1.29, 1.82) is 0 Å². The first kappa shape index (κ1) is 15.5. The van der Waals surface area contributed by atoms with Crippen molar-refractivity contribution in [2.24, 2.45) is 5.73 Å². The number of aliphatic hydroxyl groups is 1. The van der Waals surface area contributed by atoms with Crippen LogP contribution in [0.3, 0.4) is 0 Å². The fourth-order valence-corrected chi connectivity index (χ4v) is 1.70. The summed E-state index contributed by atoms with van der Waals surface area (Å²) in [6.07, 6.45) is 0. The molecular weight excluding hydrogens is 260 g/mol. The van der Waals surface area contributed by atoms with Crippen LogP contribution in [0.15, 0.2) is 12.1 Å². The lowest BCUT2D eigenvalue weighted by atomic mass is 10.00. The van der Waals surface area contributed by atoms with E-state index in [1.165, 1.54) is 33.5 Å². The van der Waals surface area contributed by atoms with Gasteiger partial charge in [0.05, 0.1) is 21.3 Å². The van der Waals surface area contributed by atoms with E-state index >= 15 is 0 Å². The number of benzene rings is 1. The topological polar surface area (TPSA) is 73.9 Å². The van der Waals surface area contributed by atoms with Crippen LogP contribution in [0.5, 0.6) is 17.2 Å². The Morgan fingerprint density at radius 1 is 1.16 bits per heavy atom. The van der Waals surface area contributed by atoms with Gasteiger partial charge in [-0.1, -0.05) is 0 Å². The molecule has 5 nitrogen and oxygen atoms in total. The van der Waals surface area contributed by atoms with Crippen LogP contribution < -0.4 is 19.9 Å². The van der Waals surface area contributed by atoms with Gasteiger partial charge in [0.15, 0.2) is 11.5 Å². The standard InChI is InChI=1S/C12H17F2NO4/c1-17-8-5-4-7(9(18-2)10(8)19-3)11(15)12(13,14)6-16/h4-5,11,16H,6,15H2,1-3H3/t11-/m0/s1. The van der Waals surface area contributed by atoms with Crippen LogP contribution in [0, 0.1) is 0 Å². The van der Waals surface area contributed by atoms with E-state index in [1.807, 2.05) is 0 Å². The van der Waals surface area contributed by atoms with Crippen LogP contribution in [0.2, 0.25) is 0 Å². The first-order valence-corrected chi connectivity index (χ1v) is 5.46. The molecule has 0 spiro atoms. The Morgan fingerprint density at radius 2 is 1.74 bits per heavy atom. The quantitative estimate of drug-likeness (QED) is 0.821. The number of methoxy groups -OCH3 is 3. The normalized spacial score (nSPS) is 13.0. The molecule has 19 heavy (non-hydrogen) atoms. The van der Waals surface area contributed by atoms with Gasteiger partial charge in [0, 0.05) is 5.56 Å². The van der Waals surface area contributed by atoms with Crippen LogP contribution in [-0.2, 0) is 0 Å². The molecular formula is C12H17F2NO4. The third kappa shape index (κ3) is 2.87. The molecule has 0 aliphatic carbocycles. The number of rotatable bonds is 6. The second kappa shape index (κ2) is 6.03. The summed E-state index contributed by atoms with van der Waals surface area (Å²) in [4.78, 5) is 0. The number of ether oxygens (including phenoxy) is 3. The van der Waals surface area contributed by atoms with Crippen molar-refractivity contribution in [3.05, 3.63) is 17.7 Å². The Labute approximate surface area is 109 Å². The minimum atomic E-state index is -3.47. The lowest BCUT2D eigenvalue weighted by Gasteiger charge is -2.24. The maximum Gasteiger partial charge on any atom is 0.289 e. The molecule has 0 aromatic heterocycles. The molecule has 0 unspecified atom stereocenters. The average molecular weight is 277 g/mol. The molecule has 0 heterocycles. The van der Waals surface area contributed by atoms with Crippen molar-refractivity contribution in [2.45, 2.75) is 12.0 Å². The van der Waals surface area contributed by atoms with E-state index in [2.05, 4.69) is 0 Å². The van der Waals surface area contributed by atoms with Crippen LogP contribution in [0.25, 0.3) is 0 Å². The Bertz CT molecular complexity index is 440. The maximum atomic E-state index is 13.5. The van der Waals surface area contributed by atoms with Gasteiger partial charge in [0.25, 0.3) is 5.92 Å². The molecule has 0 fully saturated rings. The van der Waals surface area contributed by atoms with Crippen LogP contribution in [0.4, 0.5) is 8.78 Å². The number of hydrogen-bond donors (Lipinski definition) is 2. The molecule has 1 aromatic rings. The van der Waals surface area contributed by atoms with Gasteiger partial charge in [-0.2, -0.15) is 0 Å². The third-order valence-electron chi connectivity index (χ3n) is 2.74. The summed E-state index contributed by atoms with van der Waals surface area (Å²) in [6.45, 7) is -1.36. The summed E-state index contributed by atoms with van der Waals surface area (Å²) in [5.74, 6) is -2.90. The van der Waals surface area contributed by atoms with Crippen molar-refractivity contribution < 1.29 is 28.1 Å². The number of aliphatic hydroxyl groups excluding tert-OH is 1. The molecule has 0 aliphatic rings. The molecule has 0 radical (unpaired) electrons. The minimum absolute atomic E-state index is 0.0270. The second-order valence-electron chi connectivity index (χ2n) is 3.82. The highest BCUT2D eigenvalue weighted by atomic mass is 19.3. The van der Waals surface area contributed by atoms with Crippen LogP contribution >= 0.6 is 0 Å². The average Bonchev–Trinajstić information content (AvgIpc) is 2.44. The smallest absolute Gasteiger partial charge is 0.289 e. The van der Waals surface area contributed by atoms with E-state index in [0.29, 0.717) is 5.75 Å².